The van der Waals surface area contributed by atoms with Gasteiger partial charge in [0.2, 0.25) is 5.43 Å². The molecule has 2 aliphatic rings. The van der Waals surface area contributed by atoms with Gasteiger partial charge in [0, 0.05) is 30.4 Å². The molecule has 8 heteroatoms. The molecule has 33 heavy (non-hydrogen) atoms. The SMILES string of the molecule is O=C1c2c(O)c(=O)ccn2N2CN1CC/C=C/COc1cc(F)ccc1[C@@H]2c1ccccc1. The van der Waals surface area contributed by atoms with E-state index in [4.69, 9.17) is 4.74 Å². The molecule has 0 unspecified atom stereocenters. The van der Waals surface area contributed by atoms with Crippen LogP contribution in [0.2, 0.25) is 0 Å². The Balaban J connectivity index is 1.79. The van der Waals surface area contributed by atoms with E-state index in [0.717, 1.165) is 5.56 Å². The number of halogens is 1. The monoisotopic (exact) mass is 447 g/mol. The average Bonchev–Trinajstić information content (AvgIpc) is 2.81. The zero-order valence-electron chi connectivity index (χ0n) is 17.7. The van der Waals surface area contributed by atoms with E-state index in [0.29, 0.717) is 24.3 Å². The average molecular weight is 447 g/mol. The first kappa shape index (κ1) is 20.8. The lowest BCUT2D eigenvalue weighted by atomic mass is 9.96. The van der Waals surface area contributed by atoms with Gasteiger partial charge < -0.3 is 14.7 Å². The zero-order valence-corrected chi connectivity index (χ0v) is 17.7. The number of aromatic nitrogens is 1. The lowest BCUT2D eigenvalue weighted by Gasteiger charge is -2.44. The van der Waals surface area contributed by atoms with Gasteiger partial charge >= 0.3 is 0 Å². The molecular formula is C25H22FN3O4. The van der Waals surface area contributed by atoms with Gasteiger partial charge in [-0.1, -0.05) is 42.5 Å². The van der Waals surface area contributed by atoms with Crippen molar-refractivity contribution in [3.63, 3.8) is 0 Å². The largest absolute Gasteiger partial charge is 0.502 e. The van der Waals surface area contributed by atoms with Crippen LogP contribution in [0.1, 0.15) is 34.1 Å². The highest BCUT2D eigenvalue weighted by atomic mass is 19.1. The number of hydrogen-bond acceptors (Lipinski definition) is 5. The molecule has 0 spiro atoms. The van der Waals surface area contributed by atoms with Crippen LogP contribution in [0, 0.1) is 5.82 Å². The van der Waals surface area contributed by atoms with Gasteiger partial charge in [-0.05, 0) is 24.1 Å². The lowest BCUT2D eigenvalue weighted by Crippen LogP contribution is -2.55. The van der Waals surface area contributed by atoms with Crippen LogP contribution in [0.3, 0.4) is 0 Å². The van der Waals surface area contributed by atoms with E-state index in [-0.39, 0.29) is 19.0 Å². The Hall–Kier alpha value is -4.07. The maximum absolute atomic E-state index is 14.2. The minimum atomic E-state index is -0.625. The Labute approximate surface area is 189 Å². The first-order valence-corrected chi connectivity index (χ1v) is 10.7. The van der Waals surface area contributed by atoms with Crippen LogP contribution in [0.25, 0.3) is 0 Å². The van der Waals surface area contributed by atoms with Crippen LogP contribution in [0.5, 0.6) is 11.5 Å². The minimum Gasteiger partial charge on any atom is -0.502 e. The summed E-state index contributed by atoms with van der Waals surface area (Å²) in [6.07, 6.45) is 5.76. The number of amides is 1. The molecule has 0 fully saturated rings. The molecule has 7 nitrogen and oxygen atoms in total. The summed E-state index contributed by atoms with van der Waals surface area (Å²) in [5, 5.41) is 12.4. The van der Waals surface area contributed by atoms with Crippen molar-refractivity contribution in [1.82, 2.24) is 9.58 Å². The molecule has 2 aliphatic heterocycles. The van der Waals surface area contributed by atoms with E-state index in [1.165, 1.54) is 29.1 Å². The van der Waals surface area contributed by atoms with Gasteiger partial charge in [0.25, 0.3) is 5.91 Å². The van der Waals surface area contributed by atoms with Crippen molar-refractivity contribution in [2.75, 3.05) is 24.8 Å². The lowest BCUT2D eigenvalue weighted by molar-refractivity contribution is 0.0682. The fourth-order valence-electron chi connectivity index (χ4n) is 4.33. The summed E-state index contributed by atoms with van der Waals surface area (Å²) in [7, 11) is 0. The molecule has 0 saturated heterocycles. The van der Waals surface area contributed by atoms with Crippen LogP contribution in [0.4, 0.5) is 4.39 Å². The Bertz CT molecular complexity index is 1290. The molecular weight excluding hydrogens is 425 g/mol. The maximum atomic E-state index is 14.2. The number of nitrogens with zero attached hydrogens (tertiary/aromatic N) is 3. The predicted octanol–water partition coefficient (Wildman–Crippen LogP) is 3.17. The first-order chi connectivity index (χ1) is 16.0. The highest BCUT2D eigenvalue weighted by molar-refractivity contribution is 5.96. The third-order valence-corrected chi connectivity index (χ3v) is 5.89. The molecule has 3 heterocycles. The van der Waals surface area contributed by atoms with Crippen molar-refractivity contribution in [1.29, 1.82) is 0 Å². The van der Waals surface area contributed by atoms with Crippen LogP contribution in [-0.2, 0) is 0 Å². The van der Waals surface area contributed by atoms with Gasteiger partial charge in [-0.15, -0.1) is 0 Å². The predicted molar refractivity (Wildman–Crippen MR) is 120 cm³/mol. The van der Waals surface area contributed by atoms with E-state index in [2.05, 4.69) is 0 Å². The van der Waals surface area contributed by atoms with E-state index in [1.54, 1.807) is 11.0 Å². The molecule has 168 valence electrons. The maximum Gasteiger partial charge on any atom is 0.277 e. The molecule has 2 aromatic carbocycles. The van der Waals surface area contributed by atoms with Crippen molar-refractivity contribution in [3.8, 4) is 11.5 Å². The second-order valence-corrected chi connectivity index (χ2v) is 7.94. The van der Waals surface area contributed by atoms with Crippen molar-refractivity contribution >= 4 is 5.91 Å². The molecule has 0 aliphatic carbocycles. The number of pyridine rings is 1. The first-order valence-electron chi connectivity index (χ1n) is 10.7. The van der Waals surface area contributed by atoms with Crippen molar-refractivity contribution in [2.24, 2.45) is 0 Å². The fraction of sp³-hybridized carbons (Fsp3) is 0.200. The summed E-state index contributed by atoms with van der Waals surface area (Å²) in [6.45, 7) is 0.848. The number of carbonyl (C=O) groups excluding carboxylic acids is 1. The second-order valence-electron chi connectivity index (χ2n) is 7.94. The molecule has 1 amide bonds. The molecule has 1 N–H and O–H groups in total. The third kappa shape index (κ3) is 3.73. The van der Waals surface area contributed by atoms with E-state index in [9.17, 15) is 19.1 Å². The van der Waals surface area contributed by atoms with Crippen LogP contribution >= 0.6 is 0 Å². The second kappa shape index (κ2) is 8.46. The summed E-state index contributed by atoms with van der Waals surface area (Å²) < 4.78 is 21.6. The summed E-state index contributed by atoms with van der Waals surface area (Å²) in [4.78, 5) is 27.0. The zero-order chi connectivity index (χ0) is 22.9. The van der Waals surface area contributed by atoms with Gasteiger partial charge in [-0.3, -0.25) is 19.3 Å². The van der Waals surface area contributed by atoms with Gasteiger partial charge in [0.1, 0.15) is 30.9 Å². The van der Waals surface area contributed by atoms with Gasteiger partial charge in [-0.25, -0.2) is 4.39 Å². The number of benzene rings is 2. The Kier molecular flexibility index (Phi) is 5.34. The highest BCUT2D eigenvalue weighted by Gasteiger charge is 2.37. The number of aromatic hydroxyl groups is 1. The van der Waals surface area contributed by atoms with Crippen LogP contribution in [0.15, 0.2) is 77.7 Å². The Morgan fingerprint density at radius 3 is 2.67 bits per heavy atom. The van der Waals surface area contributed by atoms with Crippen molar-refractivity contribution in [3.05, 3.63) is 106 Å². The van der Waals surface area contributed by atoms with E-state index < -0.39 is 28.9 Å². The van der Waals surface area contributed by atoms with Crippen molar-refractivity contribution in [2.45, 2.75) is 12.5 Å². The summed E-state index contributed by atoms with van der Waals surface area (Å²) in [5.74, 6) is -1.06. The van der Waals surface area contributed by atoms with Gasteiger partial charge in [-0.2, -0.15) is 0 Å². The van der Waals surface area contributed by atoms with E-state index in [1.807, 2.05) is 47.5 Å². The molecule has 5 rings (SSSR count). The molecule has 0 saturated carbocycles. The van der Waals surface area contributed by atoms with E-state index >= 15 is 0 Å². The fourth-order valence-corrected chi connectivity index (χ4v) is 4.33. The Morgan fingerprint density at radius 2 is 1.85 bits per heavy atom. The third-order valence-electron chi connectivity index (χ3n) is 5.89. The topological polar surface area (TPSA) is 75.0 Å². The summed E-state index contributed by atoms with van der Waals surface area (Å²) >= 11 is 0. The number of fused-ring (bicyclic) bond motifs is 5. The highest BCUT2D eigenvalue weighted by Crippen LogP contribution is 2.37. The number of hydrogen-bond donors (Lipinski definition) is 1. The minimum absolute atomic E-state index is 0.0969. The normalized spacial score (nSPS) is 18.9. The summed E-state index contributed by atoms with van der Waals surface area (Å²) in [6, 6.07) is 14.7. The number of rotatable bonds is 1. The molecule has 2 bridgehead atoms. The van der Waals surface area contributed by atoms with Crippen LogP contribution in [-0.4, -0.2) is 40.4 Å². The van der Waals surface area contributed by atoms with Gasteiger partial charge in [0.05, 0.1) is 0 Å². The summed E-state index contributed by atoms with van der Waals surface area (Å²) in [5.41, 5.74) is 0.842. The number of carbonyl (C=O) groups is 1. The smallest absolute Gasteiger partial charge is 0.277 e. The molecule has 1 aromatic heterocycles. The number of ether oxygens (including phenoxy) is 1. The Morgan fingerprint density at radius 1 is 1.03 bits per heavy atom. The van der Waals surface area contributed by atoms with Crippen LogP contribution < -0.4 is 15.2 Å². The van der Waals surface area contributed by atoms with Crippen molar-refractivity contribution < 1.29 is 19.0 Å². The molecule has 1 atom stereocenters. The standard InChI is InChI=1S/C25H22FN3O4/c26-18-9-10-19-21(15-18)33-14-6-2-5-12-27-16-29(22(19)17-7-3-1-4-8-17)28-13-11-20(30)24(31)23(28)25(27)32/h1-4,6-11,13,15,22,31H,5,12,14,16H2/b6-2+/t22-/m0/s1. The molecule has 0 radical (unpaired) electrons. The quantitative estimate of drug-likeness (QED) is 0.580. The van der Waals surface area contributed by atoms with Gasteiger partial charge in [0.15, 0.2) is 11.4 Å². The molecule has 3 aromatic rings.